The zero-order valence-corrected chi connectivity index (χ0v) is 14.0. The van der Waals surface area contributed by atoms with Gasteiger partial charge >= 0.3 is 6.18 Å². The summed E-state index contributed by atoms with van der Waals surface area (Å²) >= 11 is 0. The molecule has 1 aromatic carbocycles. The standard InChI is InChI=1S/C17H23F3N2O2/c1-11(2)21(3)10-16(24)22-9-12(23)8-15(22)13-6-4-5-7-14(13)17(18,19)20/h4-7,11-12,15,23H,8-10H2,1-3H3/t12-,15+/m1/s1. The zero-order chi connectivity index (χ0) is 18.1. The molecule has 0 saturated carbocycles. The minimum Gasteiger partial charge on any atom is -0.391 e. The van der Waals surface area contributed by atoms with Crippen LogP contribution < -0.4 is 0 Å². The summed E-state index contributed by atoms with van der Waals surface area (Å²) in [4.78, 5) is 15.7. The summed E-state index contributed by atoms with van der Waals surface area (Å²) in [6, 6.07) is 4.64. The van der Waals surface area contributed by atoms with Crippen molar-refractivity contribution in [2.75, 3.05) is 20.1 Å². The third-order valence-electron chi connectivity index (χ3n) is 4.49. The van der Waals surface area contributed by atoms with E-state index in [1.54, 1.807) is 7.05 Å². The predicted octanol–water partition coefficient (Wildman–Crippen LogP) is 2.68. The molecular formula is C17H23F3N2O2. The number of rotatable bonds is 4. The number of aliphatic hydroxyl groups is 1. The van der Waals surface area contributed by atoms with Gasteiger partial charge in [-0.2, -0.15) is 13.2 Å². The fourth-order valence-electron chi connectivity index (χ4n) is 2.92. The number of halogens is 3. The average Bonchev–Trinajstić information content (AvgIpc) is 2.88. The van der Waals surface area contributed by atoms with E-state index < -0.39 is 23.9 Å². The molecule has 0 radical (unpaired) electrons. The van der Waals surface area contributed by atoms with Gasteiger partial charge in [0.25, 0.3) is 0 Å². The molecule has 1 aliphatic rings. The van der Waals surface area contributed by atoms with Crippen LogP contribution in [-0.2, 0) is 11.0 Å². The molecule has 1 aromatic rings. The summed E-state index contributed by atoms with van der Waals surface area (Å²) in [7, 11) is 1.79. The summed E-state index contributed by atoms with van der Waals surface area (Å²) in [5.41, 5.74) is -0.707. The van der Waals surface area contributed by atoms with E-state index in [0.29, 0.717) is 0 Å². The molecule has 0 aromatic heterocycles. The molecule has 1 heterocycles. The number of amides is 1. The molecule has 0 unspecified atom stereocenters. The molecule has 134 valence electrons. The van der Waals surface area contributed by atoms with Gasteiger partial charge in [0.05, 0.1) is 24.3 Å². The van der Waals surface area contributed by atoms with Crippen molar-refractivity contribution >= 4 is 5.91 Å². The number of benzene rings is 1. The first-order valence-corrected chi connectivity index (χ1v) is 7.95. The highest BCUT2D eigenvalue weighted by atomic mass is 19.4. The largest absolute Gasteiger partial charge is 0.416 e. The van der Waals surface area contributed by atoms with Gasteiger partial charge in [-0.25, -0.2) is 0 Å². The number of alkyl halides is 3. The Labute approximate surface area is 139 Å². The number of aliphatic hydroxyl groups excluding tert-OH is 1. The smallest absolute Gasteiger partial charge is 0.391 e. The molecule has 1 N–H and O–H groups in total. The van der Waals surface area contributed by atoms with Crippen LogP contribution in [0.25, 0.3) is 0 Å². The summed E-state index contributed by atoms with van der Waals surface area (Å²) in [5.74, 6) is -0.273. The van der Waals surface area contributed by atoms with Crippen LogP contribution in [0.1, 0.15) is 37.4 Å². The molecule has 1 saturated heterocycles. The van der Waals surface area contributed by atoms with Gasteiger partial charge in [-0.3, -0.25) is 9.69 Å². The highest BCUT2D eigenvalue weighted by Gasteiger charge is 2.41. The second kappa shape index (κ2) is 7.11. The zero-order valence-electron chi connectivity index (χ0n) is 14.0. The third kappa shape index (κ3) is 4.08. The molecule has 4 nitrogen and oxygen atoms in total. The van der Waals surface area contributed by atoms with Crippen molar-refractivity contribution in [2.45, 2.75) is 44.6 Å². The number of β-amino-alcohol motifs (C(OH)–C–C–N with tert-alkyl or cyclic N) is 1. The van der Waals surface area contributed by atoms with Crippen LogP contribution in [0.3, 0.4) is 0 Å². The van der Waals surface area contributed by atoms with Crippen LogP contribution in [-0.4, -0.2) is 53.1 Å². The van der Waals surface area contributed by atoms with Crippen molar-refractivity contribution in [3.8, 4) is 0 Å². The Hall–Kier alpha value is -1.60. The van der Waals surface area contributed by atoms with E-state index in [1.165, 1.54) is 23.1 Å². The van der Waals surface area contributed by atoms with Crippen LogP contribution in [0, 0.1) is 0 Å². The Morgan fingerprint density at radius 2 is 2.00 bits per heavy atom. The van der Waals surface area contributed by atoms with Gasteiger partial charge in [0, 0.05) is 12.6 Å². The van der Waals surface area contributed by atoms with Crippen molar-refractivity contribution in [2.24, 2.45) is 0 Å². The van der Waals surface area contributed by atoms with Crippen LogP contribution in [0.15, 0.2) is 24.3 Å². The maximum Gasteiger partial charge on any atom is 0.416 e. The number of hydrogen-bond donors (Lipinski definition) is 1. The van der Waals surface area contributed by atoms with E-state index >= 15 is 0 Å². The van der Waals surface area contributed by atoms with Crippen molar-refractivity contribution in [3.63, 3.8) is 0 Å². The first-order valence-electron chi connectivity index (χ1n) is 7.95. The van der Waals surface area contributed by atoms with Crippen molar-refractivity contribution < 1.29 is 23.1 Å². The second-order valence-corrected chi connectivity index (χ2v) is 6.55. The van der Waals surface area contributed by atoms with Gasteiger partial charge in [0.2, 0.25) is 5.91 Å². The lowest BCUT2D eigenvalue weighted by atomic mass is 9.97. The fourth-order valence-corrected chi connectivity index (χ4v) is 2.92. The fraction of sp³-hybridized carbons (Fsp3) is 0.588. The SMILES string of the molecule is CC(C)N(C)CC(=O)N1C[C@H](O)C[C@H]1c1ccccc1C(F)(F)F. The minimum atomic E-state index is -4.49. The summed E-state index contributed by atoms with van der Waals surface area (Å²) < 4.78 is 39.8. The first-order chi connectivity index (χ1) is 11.1. The van der Waals surface area contributed by atoms with E-state index in [2.05, 4.69) is 0 Å². The Bertz CT molecular complexity index is 589. The molecule has 0 bridgehead atoms. The minimum absolute atomic E-state index is 0.0436. The Morgan fingerprint density at radius 1 is 1.38 bits per heavy atom. The number of likely N-dealkylation sites (N-methyl/N-ethyl adjacent to an activating group) is 1. The van der Waals surface area contributed by atoms with Crippen molar-refractivity contribution in [1.82, 2.24) is 9.80 Å². The van der Waals surface area contributed by atoms with Gasteiger partial charge in [0.1, 0.15) is 0 Å². The normalized spacial score (nSPS) is 21.8. The molecule has 0 aliphatic carbocycles. The van der Waals surface area contributed by atoms with E-state index in [0.717, 1.165) is 6.07 Å². The Morgan fingerprint density at radius 3 is 2.58 bits per heavy atom. The van der Waals surface area contributed by atoms with Crippen LogP contribution in [0.4, 0.5) is 13.2 Å². The van der Waals surface area contributed by atoms with E-state index in [1.807, 2.05) is 18.7 Å². The van der Waals surface area contributed by atoms with Gasteiger partial charge < -0.3 is 10.0 Å². The van der Waals surface area contributed by atoms with Gasteiger partial charge in [0.15, 0.2) is 0 Å². The molecule has 2 atom stereocenters. The summed E-state index contributed by atoms with van der Waals surface area (Å²) in [6.07, 6.45) is -5.19. The Balaban J connectivity index is 2.30. The third-order valence-corrected chi connectivity index (χ3v) is 4.49. The summed E-state index contributed by atoms with van der Waals surface area (Å²) in [6.45, 7) is 4.03. The second-order valence-electron chi connectivity index (χ2n) is 6.55. The maximum atomic E-state index is 13.3. The average molecular weight is 344 g/mol. The molecule has 24 heavy (non-hydrogen) atoms. The Kier molecular flexibility index (Phi) is 5.55. The van der Waals surface area contributed by atoms with Crippen molar-refractivity contribution in [1.29, 1.82) is 0 Å². The monoisotopic (exact) mass is 344 g/mol. The van der Waals surface area contributed by atoms with E-state index in [9.17, 15) is 23.1 Å². The van der Waals surface area contributed by atoms with E-state index in [-0.39, 0.29) is 37.0 Å². The lowest BCUT2D eigenvalue weighted by molar-refractivity contribution is -0.140. The molecule has 0 spiro atoms. The van der Waals surface area contributed by atoms with Crippen LogP contribution in [0.5, 0.6) is 0 Å². The molecule has 2 rings (SSSR count). The number of carbonyl (C=O) groups excluding carboxylic acids is 1. The van der Waals surface area contributed by atoms with E-state index in [4.69, 9.17) is 0 Å². The molecule has 1 aliphatic heterocycles. The quantitative estimate of drug-likeness (QED) is 0.913. The van der Waals surface area contributed by atoms with Gasteiger partial charge in [-0.15, -0.1) is 0 Å². The van der Waals surface area contributed by atoms with Crippen LogP contribution in [0.2, 0.25) is 0 Å². The highest BCUT2D eigenvalue weighted by Crippen LogP contribution is 2.40. The summed E-state index contributed by atoms with van der Waals surface area (Å²) in [5, 5.41) is 9.93. The highest BCUT2D eigenvalue weighted by molar-refractivity contribution is 5.79. The number of likely N-dealkylation sites (tertiary alicyclic amines) is 1. The topological polar surface area (TPSA) is 43.8 Å². The molecule has 1 amide bonds. The lowest BCUT2D eigenvalue weighted by Crippen LogP contribution is -2.41. The van der Waals surface area contributed by atoms with Crippen molar-refractivity contribution in [3.05, 3.63) is 35.4 Å². The maximum absolute atomic E-state index is 13.3. The lowest BCUT2D eigenvalue weighted by Gasteiger charge is -2.29. The predicted molar refractivity (Wildman–Crippen MR) is 84.3 cm³/mol. The molecule has 7 heteroatoms. The molecule has 1 fully saturated rings. The number of nitrogens with zero attached hydrogens (tertiary/aromatic N) is 2. The first kappa shape index (κ1) is 18.7. The van der Waals surface area contributed by atoms with Gasteiger partial charge in [-0.05, 0) is 38.9 Å². The van der Waals surface area contributed by atoms with Gasteiger partial charge in [-0.1, -0.05) is 18.2 Å². The number of carbonyl (C=O) groups is 1. The molecular weight excluding hydrogens is 321 g/mol. The number of hydrogen-bond acceptors (Lipinski definition) is 3. The van der Waals surface area contributed by atoms with Crippen LogP contribution >= 0.6 is 0 Å².